The number of ether oxygens (including phenoxy) is 3. The third-order valence-corrected chi connectivity index (χ3v) is 11.4. The van der Waals surface area contributed by atoms with Crippen LogP contribution in [0.4, 0.5) is 4.79 Å². The van der Waals surface area contributed by atoms with E-state index in [2.05, 4.69) is 27.3 Å². The number of amides is 4. The van der Waals surface area contributed by atoms with Crippen LogP contribution in [-0.2, 0) is 29.1 Å². The van der Waals surface area contributed by atoms with E-state index in [1.165, 1.54) is 6.08 Å². The van der Waals surface area contributed by atoms with Crippen LogP contribution < -0.4 is 30.1 Å². The number of hydrogen-bond donors (Lipinski definition) is 4. The number of fused-ring (bicyclic) bond motifs is 1. The molecule has 1 saturated carbocycles. The van der Waals surface area contributed by atoms with Crippen LogP contribution >= 0.6 is 0 Å². The molecule has 4 N–H and O–H groups in total. The van der Waals surface area contributed by atoms with Gasteiger partial charge in [0.2, 0.25) is 21.8 Å². The number of methoxy groups -OCH3 is 1. The van der Waals surface area contributed by atoms with Crippen LogP contribution in [0.1, 0.15) is 91.3 Å². The largest absolute Gasteiger partial charge is 0.497 e. The molecule has 5 rings (SSSR count). The van der Waals surface area contributed by atoms with Gasteiger partial charge in [0, 0.05) is 28.6 Å². The van der Waals surface area contributed by atoms with Crippen LogP contribution in [-0.4, -0.2) is 67.3 Å². The van der Waals surface area contributed by atoms with E-state index in [-0.39, 0.29) is 12.0 Å². The van der Waals surface area contributed by atoms with Crippen molar-refractivity contribution in [2.75, 3.05) is 7.11 Å². The molecule has 15 heteroatoms. The van der Waals surface area contributed by atoms with Crippen molar-refractivity contribution < 1.29 is 41.8 Å². The lowest BCUT2D eigenvalue weighted by Crippen LogP contribution is -2.57. The standard InChI is InChI=1S/C45H55N5O9S/c1-10-15-33(40(51)50-60(55,56)31-20-21-31)47-41(52)38(48-42(53)39(44(3,4)5)49-43(54)59-45(6,7)8)29-18-23-36(27(11-2)24-29)58-37-26-34(28-16-13-12-14-17-28)46-35-25-30(57-9)19-22-32(35)37/h11-14,16-19,22-26,31,33,38-39H,2,10,15,20-21H2,1,3-9H3,(H,47,52)(H,48,53)(H,49,54)(H,50,51)/t33-,38-,39+/m0/s1. The van der Waals surface area contributed by atoms with Crippen molar-refractivity contribution in [2.45, 2.75) is 103 Å². The lowest BCUT2D eigenvalue weighted by Gasteiger charge is -2.33. The molecule has 1 aromatic heterocycles. The number of sulfonamides is 1. The zero-order chi connectivity index (χ0) is 44.0. The molecule has 0 unspecified atom stereocenters. The first kappa shape index (κ1) is 45.1. The van der Waals surface area contributed by atoms with Crippen LogP contribution in [0.25, 0.3) is 28.2 Å². The van der Waals surface area contributed by atoms with E-state index in [1.54, 1.807) is 79.8 Å². The molecular weight excluding hydrogens is 787 g/mol. The molecule has 0 saturated heterocycles. The van der Waals surface area contributed by atoms with E-state index in [0.29, 0.717) is 58.7 Å². The van der Waals surface area contributed by atoms with Gasteiger partial charge in [-0.05, 0) is 75.3 Å². The van der Waals surface area contributed by atoms with E-state index in [4.69, 9.17) is 19.2 Å². The van der Waals surface area contributed by atoms with E-state index >= 15 is 0 Å². The SMILES string of the molecule is C=Cc1cc([C@H](NC(=O)[C@@H](NC(=O)OC(C)(C)C)C(C)(C)C)C(=O)N[C@@H](CCC)C(=O)NS(=O)(=O)C2CC2)ccc1Oc1cc(-c2ccccc2)nc2cc(OC)ccc12. The molecule has 1 heterocycles. The molecule has 0 aliphatic heterocycles. The van der Waals surface area contributed by atoms with Crippen molar-refractivity contribution in [3.63, 3.8) is 0 Å². The predicted octanol–water partition coefficient (Wildman–Crippen LogP) is 7.34. The van der Waals surface area contributed by atoms with E-state index in [9.17, 15) is 27.6 Å². The summed E-state index contributed by atoms with van der Waals surface area (Å²) in [6.45, 7) is 16.1. The van der Waals surface area contributed by atoms with Crippen LogP contribution in [0, 0.1) is 5.41 Å². The van der Waals surface area contributed by atoms with Crippen molar-refractivity contribution in [3.8, 4) is 28.5 Å². The molecule has 0 radical (unpaired) electrons. The number of hydrogen-bond acceptors (Lipinski definition) is 10. The highest BCUT2D eigenvalue weighted by atomic mass is 32.2. The van der Waals surface area contributed by atoms with Gasteiger partial charge in [0.15, 0.2) is 0 Å². The van der Waals surface area contributed by atoms with Crippen LogP contribution in [0.3, 0.4) is 0 Å². The van der Waals surface area contributed by atoms with Crippen molar-refractivity contribution in [3.05, 3.63) is 90.5 Å². The Balaban J connectivity index is 1.54. The molecule has 14 nitrogen and oxygen atoms in total. The van der Waals surface area contributed by atoms with Crippen molar-refractivity contribution in [2.24, 2.45) is 5.41 Å². The van der Waals surface area contributed by atoms with Crippen LogP contribution in [0.2, 0.25) is 0 Å². The molecule has 1 fully saturated rings. The minimum absolute atomic E-state index is 0.116. The predicted molar refractivity (Wildman–Crippen MR) is 231 cm³/mol. The Hall–Kier alpha value is -5.96. The lowest BCUT2D eigenvalue weighted by atomic mass is 9.86. The third kappa shape index (κ3) is 11.6. The Morgan fingerprint density at radius 3 is 2.17 bits per heavy atom. The van der Waals surface area contributed by atoms with Crippen LogP contribution in [0.5, 0.6) is 17.2 Å². The number of benzene rings is 3. The molecule has 0 spiro atoms. The van der Waals surface area contributed by atoms with Gasteiger partial charge in [-0.1, -0.05) is 83.2 Å². The van der Waals surface area contributed by atoms with E-state index in [0.717, 1.165) is 5.56 Å². The van der Waals surface area contributed by atoms with Crippen molar-refractivity contribution in [1.82, 2.24) is 25.7 Å². The minimum Gasteiger partial charge on any atom is -0.497 e. The average molecular weight is 842 g/mol. The number of nitrogens with zero attached hydrogens (tertiary/aromatic N) is 1. The smallest absolute Gasteiger partial charge is 0.408 e. The van der Waals surface area contributed by atoms with Crippen molar-refractivity contribution >= 4 is 50.8 Å². The average Bonchev–Trinajstić information content (AvgIpc) is 4.05. The monoisotopic (exact) mass is 841 g/mol. The summed E-state index contributed by atoms with van der Waals surface area (Å²) in [6, 6.07) is 17.9. The molecule has 0 bridgehead atoms. The summed E-state index contributed by atoms with van der Waals surface area (Å²) in [5.74, 6) is -0.921. The summed E-state index contributed by atoms with van der Waals surface area (Å²) >= 11 is 0. The maximum absolute atomic E-state index is 14.4. The summed E-state index contributed by atoms with van der Waals surface area (Å²) in [7, 11) is -2.34. The second-order valence-corrected chi connectivity index (χ2v) is 18.8. The third-order valence-electron chi connectivity index (χ3n) is 9.61. The quantitative estimate of drug-likeness (QED) is 0.0888. The number of carbonyl (C=O) groups excluding carboxylic acids is 4. The Labute approximate surface area is 351 Å². The highest BCUT2D eigenvalue weighted by Crippen LogP contribution is 2.37. The van der Waals surface area contributed by atoms with Gasteiger partial charge in [-0.25, -0.2) is 18.2 Å². The topological polar surface area (TPSA) is 191 Å². The number of alkyl carbamates (subject to hydrolysis) is 1. The van der Waals surface area contributed by atoms with Gasteiger partial charge < -0.3 is 30.2 Å². The number of pyridine rings is 1. The summed E-state index contributed by atoms with van der Waals surface area (Å²) < 4.78 is 45.0. The van der Waals surface area contributed by atoms with Gasteiger partial charge in [-0.2, -0.15) is 0 Å². The number of nitrogens with one attached hydrogen (secondary N) is 4. The Kier molecular flexibility index (Phi) is 13.9. The summed E-state index contributed by atoms with van der Waals surface area (Å²) in [6.07, 6.45) is 2.14. The number of carbonyl (C=O) groups is 4. The first-order valence-electron chi connectivity index (χ1n) is 19.9. The summed E-state index contributed by atoms with van der Waals surface area (Å²) in [5.41, 5.74) is 1.18. The fourth-order valence-corrected chi connectivity index (χ4v) is 7.72. The molecule has 4 amide bonds. The van der Waals surface area contributed by atoms with Gasteiger partial charge in [0.25, 0.3) is 5.91 Å². The highest BCUT2D eigenvalue weighted by molar-refractivity contribution is 7.90. The molecule has 1 aliphatic rings. The molecule has 3 aromatic carbocycles. The van der Waals surface area contributed by atoms with Gasteiger partial charge in [0.1, 0.15) is 41.0 Å². The fraction of sp³-hybridized carbons (Fsp3) is 0.400. The Morgan fingerprint density at radius 2 is 1.57 bits per heavy atom. The lowest BCUT2D eigenvalue weighted by molar-refractivity contribution is -0.133. The molecule has 320 valence electrons. The molecule has 4 aromatic rings. The van der Waals surface area contributed by atoms with E-state index < -0.39 is 68.2 Å². The fourth-order valence-electron chi connectivity index (χ4n) is 6.37. The normalized spacial score (nSPS) is 14.5. The summed E-state index contributed by atoms with van der Waals surface area (Å²) in [5, 5.41) is 8.15. The second kappa shape index (κ2) is 18.5. The first-order chi connectivity index (χ1) is 28.2. The molecular formula is C45H55N5O9S. The van der Waals surface area contributed by atoms with Crippen molar-refractivity contribution in [1.29, 1.82) is 0 Å². The highest BCUT2D eigenvalue weighted by Gasteiger charge is 2.40. The maximum atomic E-state index is 14.4. The van der Waals surface area contributed by atoms with Gasteiger partial charge >= 0.3 is 6.09 Å². The number of rotatable bonds is 16. The maximum Gasteiger partial charge on any atom is 0.408 e. The summed E-state index contributed by atoms with van der Waals surface area (Å²) in [4.78, 5) is 59.7. The molecule has 1 aliphatic carbocycles. The van der Waals surface area contributed by atoms with Gasteiger partial charge in [0.05, 0.1) is 23.6 Å². The zero-order valence-electron chi connectivity index (χ0n) is 35.4. The molecule has 3 atom stereocenters. The second-order valence-electron chi connectivity index (χ2n) is 16.8. The zero-order valence-corrected chi connectivity index (χ0v) is 36.2. The van der Waals surface area contributed by atoms with Gasteiger partial charge in [-0.15, -0.1) is 0 Å². The first-order valence-corrected chi connectivity index (χ1v) is 21.4. The number of aromatic nitrogens is 1. The Morgan fingerprint density at radius 1 is 0.867 bits per heavy atom. The molecule has 60 heavy (non-hydrogen) atoms. The minimum atomic E-state index is -3.91. The van der Waals surface area contributed by atoms with E-state index in [1.807, 2.05) is 48.5 Å². The van der Waals surface area contributed by atoms with Gasteiger partial charge in [-0.3, -0.25) is 19.1 Å². The Bertz CT molecular complexity index is 2350. The van der Waals surface area contributed by atoms with Crippen LogP contribution in [0.15, 0.2) is 79.4 Å².